The van der Waals surface area contributed by atoms with Gasteiger partial charge in [0.05, 0.1) is 39.8 Å². The Morgan fingerprint density at radius 3 is 2.26 bits per heavy atom. The van der Waals surface area contributed by atoms with E-state index in [1.54, 1.807) is 24.7 Å². The summed E-state index contributed by atoms with van der Waals surface area (Å²) < 4.78 is 33.0. The van der Waals surface area contributed by atoms with E-state index in [2.05, 4.69) is 0 Å². The molecule has 1 aromatic heterocycles. The van der Waals surface area contributed by atoms with Gasteiger partial charge >= 0.3 is 11.9 Å². The number of furan rings is 1. The van der Waals surface area contributed by atoms with Crippen LogP contribution < -0.4 is 14.2 Å². The van der Waals surface area contributed by atoms with Gasteiger partial charge in [0.25, 0.3) is 5.60 Å². The summed E-state index contributed by atoms with van der Waals surface area (Å²) in [7, 11) is 4.44. The molecule has 1 saturated heterocycles. The van der Waals surface area contributed by atoms with Gasteiger partial charge in [-0.1, -0.05) is 0 Å². The molecule has 1 N–H and O–H groups in total. The van der Waals surface area contributed by atoms with E-state index in [1.807, 2.05) is 12.1 Å². The van der Waals surface area contributed by atoms with Crippen molar-refractivity contribution >= 4 is 22.7 Å². The van der Waals surface area contributed by atoms with Gasteiger partial charge in [0, 0.05) is 24.1 Å². The number of benzene rings is 2. The van der Waals surface area contributed by atoms with E-state index in [1.165, 1.54) is 28.3 Å². The lowest BCUT2D eigenvalue weighted by Gasteiger charge is -2.47. The molecule has 34 heavy (non-hydrogen) atoms. The van der Waals surface area contributed by atoms with E-state index in [4.69, 9.17) is 28.1 Å². The van der Waals surface area contributed by atoms with Crippen LogP contribution >= 0.6 is 0 Å². The van der Waals surface area contributed by atoms with Crippen LogP contribution in [0.25, 0.3) is 10.8 Å². The lowest BCUT2D eigenvalue weighted by atomic mass is 9.61. The molecule has 3 atom stereocenters. The van der Waals surface area contributed by atoms with Crippen molar-refractivity contribution in [1.29, 1.82) is 0 Å². The minimum Gasteiger partial charge on any atom is -0.493 e. The van der Waals surface area contributed by atoms with E-state index >= 15 is 0 Å². The molecule has 2 aliphatic rings. The molecular weight excluding hydrogens is 444 g/mol. The molecule has 1 aliphatic carbocycles. The van der Waals surface area contributed by atoms with E-state index in [-0.39, 0.29) is 13.0 Å². The molecule has 2 aromatic carbocycles. The SMILES string of the molecule is COc1cc([C@@H]2c3cc4cocc4cc3C[C@]3(O)COC(=O)[C@@]23OC(C)=O)cc(OC)c1OC. The van der Waals surface area contributed by atoms with Crippen molar-refractivity contribution in [2.24, 2.45) is 0 Å². The number of hydrogen-bond donors (Lipinski definition) is 1. The van der Waals surface area contributed by atoms with Crippen molar-refractivity contribution in [2.75, 3.05) is 27.9 Å². The molecule has 2 heterocycles. The molecule has 5 rings (SSSR count). The van der Waals surface area contributed by atoms with Crippen LogP contribution in [0.5, 0.6) is 17.2 Å². The van der Waals surface area contributed by atoms with Crippen LogP contribution in [-0.2, 0) is 25.5 Å². The van der Waals surface area contributed by atoms with Crippen LogP contribution in [0.4, 0.5) is 0 Å². The third kappa shape index (κ3) is 2.89. The van der Waals surface area contributed by atoms with Gasteiger partial charge in [-0.05, 0) is 41.0 Å². The van der Waals surface area contributed by atoms with Gasteiger partial charge in [-0.15, -0.1) is 0 Å². The zero-order valence-electron chi connectivity index (χ0n) is 19.2. The van der Waals surface area contributed by atoms with E-state index in [9.17, 15) is 14.7 Å². The summed E-state index contributed by atoms with van der Waals surface area (Å²) in [5.74, 6) is -1.42. The maximum absolute atomic E-state index is 13.3. The van der Waals surface area contributed by atoms with E-state index in [0.29, 0.717) is 28.4 Å². The van der Waals surface area contributed by atoms with Crippen LogP contribution in [0, 0.1) is 0 Å². The molecule has 9 heteroatoms. The highest BCUT2D eigenvalue weighted by molar-refractivity contribution is 5.92. The highest BCUT2D eigenvalue weighted by Crippen LogP contribution is 2.56. The predicted octanol–water partition coefficient (Wildman–Crippen LogP) is 2.74. The molecule has 0 amide bonds. The number of rotatable bonds is 5. The molecule has 9 nitrogen and oxygen atoms in total. The van der Waals surface area contributed by atoms with Gasteiger partial charge in [0.1, 0.15) is 6.61 Å². The first-order valence-electron chi connectivity index (χ1n) is 10.7. The normalized spacial score (nSPS) is 25.3. The van der Waals surface area contributed by atoms with Gasteiger partial charge in [-0.25, -0.2) is 4.79 Å². The lowest BCUT2D eigenvalue weighted by molar-refractivity contribution is -0.194. The number of hydrogen-bond acceptors (Lipinski definition) is 9. The Bertz CT molecular complexity index is 1280. The van der Waals surface area contributed by atoms with E-state index in [0.717, 1.165) is 16.3 Å². The Kier molecular flexibility index (Phi) is 4.98. The number of aliphatic hydroxyl groups is 1. The average molecular weight is 468 g/mol. The summed E-state index contributed by atoms with van der Waals surface area (Å²) in [5, 5.41) is 13.4. The van der Waals surface area contributed by atoms with Crippen LogP contribution in [-0.4, -0.2) is 56.2 Å². The molecule has 0 unspecified atom stereocenters. The molecule has 0 saturated carbocycles. The topological polar surface area (TPSA) is 114 Å². The Morgan fingerprint density at radius 1 is 1.03 bits per heavy atom. The van der Waals surface area contributed by atoms with Crippen LogP contribution in [0.15, 0.2) is 41.2 Å². The maximum atomic E-state index is 13.3. The number of methoxy groups -OCH3 is 3. The summed E-state index contributed by atoms with van der Waals surface area (Å²) in [5.41, 5.74) is -1.85. The summed E-state index contributed by atoms with van der Waals surface area (Å²) in [6.07, 6.45) is 3.25. The molecule has 178 valence electrons. The largest absolute Gasteiger partial charge is 0.493 e. The highest BCUT2D eigenvalue weighted by atomic mass is 16.6. The number of esters is 2. The molecule has 0 bridgehead atoms. The monoisotopic (exact) mass is 468 g/mol. The smallest absolute Gasteiger partial charge is 0.355 e. The molecular formula is C25H24O9. The van der Waals surface area contributed by atoms with Gasteiger partial charge in [-0.3, -0.25) is 4.79 Å². The zero-order valence-corrected chi connectivity index (χ0v) is 19.2. The first kappa shape index (κ1) is 22.1. The summed E-state index contributed by atoms with van der Waals surface area (Å²) in [6.45, 7) is 0.880. The second kappa shape index (κ2) is 7.66. The number of fused-ring (bicyclic) bond motifs is 3. The standard InChI is InChI=1S/C25H24O9/c1-13(26)34-25-21(14-7-19(29-2)22(31-4)20(8-14)30-3)18-6-17-11-32-10-16(17)5-15(18)9-24(25,28)12-33-23(25)27/h5-8,10-11,21,28H,9,12H2,1-4H3/t21-,24+,25+/m1/s1. The summed E-state index contributed by atoms with van der Waals surface area (Å²) >= 11 is 0. The summed E-state index contributed by atoms with van der Waals surface area (Å²) in [4.78, 5) is 25.7. The van der Waals surface area contributed by atoms with Crippen LogP contribution in [0.1, 0.15) is 29.5 Å². The minimum atomic E-state index is -2.02. The van der Waals surface area contributed by atoms with Crippen molar-refractivity contribution in [3.05, 3.63) is 53.5 Å². The second-order valence-electron chi connectivity index (χ2n) is 8.56. The Balaban J connectivity index is 1.87. The van der Waals surface area contributed by atoms with Gasteiger partial charge in [0.15, 0.2) is 17.1 Å². The van der Waals surface area contributed by atoms with Crippen molar-refractivity contribution in [1.82, 2.24) is 0 Å². The van der Waals surface area contributed by atoms with Crippen molar-refractivity contribution in [2.45, 2.75) is 30.5 Å². The lowest BCUT2D eigenvalue weighted by Crippen LogP contribution is -2.64. The van der Waals surface area contributed by atoms with Crippen molar-refractivity contribution in [3.63, 3.8) is 0 Å². The van der Waals surface area contributed by atoms with Gasteiger partial charge < -0.3 is 33.2 Å². The predicted molar refractivity (Wildman–Crippen MR) is 118 cm³/mol. The fourth-order valence-corrected chi connectivity index (χ4v) is 5.30. The van der Waals surface area contributed by atoms with E-state index < -0.39 is 29.1 Å². The van der Waals surface area contributed by atoms with Crippen LogP contribution in [0.3, 0.4) is 0 Å². The molecule has 0 spiro atoms. The second-order valence-corrected chi connectivity index (χ2v) is 8.56. The Hall–Kier alpha value is -3.72. The fraction of sp³-hybridized carbons (Fsp3) is 0.360. The quantitative estimate of drug-likeness (QED) is 0.565. The third-order valence-corrected chi connectivity index (χ3v) is 6.70. The number of carbonyl (C=O) groups excluding carboxylic acids is 2. The number of cyclic esters (lactones) is 1. The fourth-order valence-electron chi connectivity index (χ4n) is 5.30. The first-order chi connectivity index (χ1) is 16.3. The van der Waals surface area contributed by atoms with Crippen molar-refractivity contribution in [3.8, 4) is 17.2 Å². The van der Waals surface area contributed by atoms with Crippen molar-refractivity contribution < 1.29 is 42.8 Å². The zero-order chi connectivity index (χ0) is 24.3. The third-order valence-electron chi connectivity index (χ3n) is 6.70. The Morgan fingerprint density at radius 2 is 1.68 bits per heavy atom. The minimum absolute atomic E-state index is 0.0450. The molecule has 3 aromatic rings. The Labute approximate surface area is 195 Å². The molecule has 0 radical (unpaired) electrons. The number of carbonyl (C=O) groups is 2. The van der Waals surface area contributed by atoms with Crippen LogP contribution in [0.2, 0.25) is 0 Å². The summed E-state index contributed by atoms with van der Waals surface area (Å²) in [6, 6.07) is 7.13. The maximum Gasteiger partial charge on any atom is 0.355 e. The van der Waals surface area contributed by atoms with Gasteiger partial charge in [-0.2, -0.15) is 0 Å². The highest BCUT2D eigenvalue weighted by Gasteiger charge is 2.72. The molecule has 1 aliphatic heterocycles. The average Bonchev–Trinajstić information content (AvgIpc) is 3.36. The first-order valence-corrected chi connectivity index (χ1v) is 10.7. The molecule has 1 fully saturated rings. The van der Waals surface area contributed by atoms with Gasteiger partial charge in [0.2, 0.25) is 5.75 Å². The number of ether oxygens (including phenoxy) is 5.